The van der Waals surface area contributed by atoms with Crippen molar-refractivity contribution in [2.24, 2.45) is 5.41 Å². The van der Waals surface area contributed by atoms with Gasteiger partial charge in [0.05, 0.1) is 0 Å². The number of ether oxygens (including phenoxy) is 6. The summed E-state index contributed by atoms with van der Waals surface area (Å²) in [5.74, 6) is -1.53. The summed E-state index contributed by atoms with van der Waals surface area (Å²) in [6.07, 6.45) is -1.00. The van der Waals surface area contributed by atoms with Gasteiger partial charge in [-0.15, -0.1) is 0 Å². The second-order valence-corrected chi connectivity index (χ2v) is 24.5. The van der Waals surface area contributed by atoms with Crippen LogP contribution in [0.1, 0.15) is 48.0 Å². The van der Waals surface area contributed by atoms with Crippen LogP contribution in [0.4, 0.5) is 0 Å². The van der Waals surface area contributed by atoms with Crippen LogP contribution in [0.3, 0.4) is 0 Å². The van der Waals surface area contributed by atoms with Crippen LogP contribution in [-0.4, -0.2) is 73.4 Å². The van der Waals surface area contributed by atoms with E-state index in [1.807, 2.05) is 27.7 Å². The molecule has 7 rings (SSSR count). The van der Waals surface area contributed by atoms with E-state index in [9.17, 15) is 0 Å². The molecule has 4 aliphatic heterocycles. The van der Waals surface area contributed by atoms with Gasteiger partial charge in [-0.1, -0.05) is 0 Å². The molecule has 3 aromatic carbocycles. The summed E-state index contributed by atoms with van der Waals surface area (Å²) in [5, 5.41) is 0. The maximum atomic E-state index is 7.13. The Bertz CT molecular complexity index is 1410. The van der Waals surface area contributed by atoms with E-state index in [-0.39, 0.29) is 11.5 Å². The van der Waals surface area contributed by atoms with Crippen molar-refractivity contribution in [3.8, 4) is 0 Å². The van der Waals surface area contributed by atoms with Crippen LogP contribution in [0.2, 0.25) is 0 Å². The minimum atomic E-state index is -3.96. The zero-order chi connectivity index (χ0) is 30.8. The van der Waals surface area contributed by atoms with Crippen molar-refractivity contribution in [2.45, 2.75) is 89.7 Å². The third-order valence-corrected chi connectivity index (χ3v) is 22.5. The summed E-state index contributed by atoms with van der Waals surface area (Å²) in [7, 11) is 0. The molecular formula is C37H44O6Sn. The summed E-state index contributed by atoms with van der Waals surface area (Å²) in [6, 6.07) is 33.2. The van der Waals surface area contributed by atoms with Gasteiger partial charge in [0.1, 0.15) is 0 Å². The molecule has 44 heavy (non-hydrogen) atoms. The van der Waals surface area contributed by atoms with Crippen LogP contribution in [0.5, 0.6) is 0 Å². The first-order valence-corrected chi connectivity index (χ1v) is 21.8. The van der Waals surface area contributed by atoms with Gasteiger partial charge in [0.15, 0.2) is 0 Å². The average molecular weight is 703 g/mol. The van der Waals surface area contributed by atoms with Gasteiger partial charge in [-0.2, -0.15) is 0 Å². The van der Waals surface area contributed by atoms with Gasteiger partial charge in [-0.05, 0) is 0 Å². The third kappa shape index (κ3) is 5.02. The predicted molar refractivity (Wildman–Crippen MR) is 173 cm³/mol. The first-order valence-electron chi connectivity index (χ1n) is 15.8. The standard InChI is InChI=1S/C19H29O6.3C6H5.Sn/c1-11-16(2,3)8-9-20-19(11)13(12-10-21-17(4,5)23-12)22-15-14(19)24-18(6,7)25-15;3*1-2-4-6-5-3-1;/h1,12-15H,8-10H2,2-7H3;3*1-5H;/t12?,13-,14+,15-,19-;;;;/m1..../s1. The van der Waals surface area contributed by atoms with Crippen LogP contribution in [-0.2, 0) is 28.4 Å². The molecule has 232 valence electrons. The molecule has 0 radical (unpaired) electrons. The van der Waals surface area contributed by atoms with Crippen molar-refractivity contribution in [2.75, 3.05) is 13.2 Å². The van der Waals surface area contributed by atoms with E-state index in [0.717, 1.165) is 6.42 Å². The quantitative estimate of drug-likeness (QED) is 0.355. The van der Waals surface area contributed by atoms with Crippen molar-refractivity contribution in [1.29, 1.82) is 0 Å². The van der Waals surface area contributed by atoms with Gasteiger partial charge in [-0.3, -0.25) is 0 Å². The van der Waals surface area contributed by atoms with Crippen LogP contribution in [0, 0.1) is 5.41 Å². The zero-order valence-electron chi connectivity index (χ0n) is 26.6. The predicted octanol–water partition coefficient (Wildman–Crippen LogP) is 4.84. The number of rotatable bonds is 5. The Morgan fingerprint density at radius 3 is 1.68 bits per heavy atom. The number of fused-ring (bicyclic) bond motifs is 2. The normalized spacial score (nSPS) is 33.1. The molecule has 0 N–H and O–H groups in total. The summed E-state index contributed by atoms with van der Waals surface area (Å²) in [4.78, 5) is 0. The van der Waals surface area contributed by atoms with Gasteiger partial charge in [0.2, 0.25) is 0 Å². The molecule has 4 saturated heterocycles. The van der Waals surface area contributed by atoms with E-state index < -0.39 is 54.1 Å². The molecule has 4 fully saturated rings. The van der Waals surface area contributed by atoms with E-state index >= 15 is 0 Å². The molecule has 5 atom stereocenters. The van der Waals surface area contributed by atoms with Crippen molar-refractivity contribution < 1.29 is 28.4 Å². The SMILES string of the molecule is CC1(C)OCC([C@H]2O[C@@H]3OC(C)(C)O[C@@H]3[C@]23OCCC(C)(C)/C3=[CH]/[Sn]([c]2ccccc2)([c]2ccccc2)[c]2ccccc2)O1. The van der Waals surface area contributed by atoms with Gasteiger partial charge < -0.3 is 0 Å². The molecule has 1 spiro atoms. The van der Waals surface area contributed by atoms with E-state index in [1.54, 1.807) is 0 Å². The minimum absolute atomic E-state index is 0.222. The first-order chi connectivity index (χ1) is 21.0. The summed E-state index contributed by atoms with van der Waals surface area (Å²) >= 11 is -3.96. The molecule has 0 aliphatic carbocycles. The van der Waals surface area contributed by atoms with E-state index in [4.69, 9.17) is 28.4 Å². The molecular weight excluding hydrogens is 659 g/mol. The molecule has 3 aromatic rings. The monoisotopic (exact) mass is 704 g/mol. The maximum absolute atomic E-state index is 7.13. The van der Waals surface area contributed by atoms with Gasteiger partial charge in [0, 0.05) is 0 Å². The Morgan fingerprint density at radius 2 is 1.18 bits per heavy atom. The number of hydrogen-bond donors (Lipinski definition) is 0. The van der Waals surface area contributed by atoms with Crippen LogP contribution < -0.4 is 10.7 Å². The molecule has 4 heterocycles. The van der Waals surface area contributed by atoms with Gasteiger partial charge in [0.25, 0.3) is 0 Å². The van der Waals surface area contributed by atoms with E-state index in [2.05, 4.69) is 109 Å². The second-order valence-electron chi connectivity index (χ2n) is 14.1. The van der Waals surface area contributed by atoms with Crippen molar-refractivity contribution in [3.05, 3.63) is 101 Å². The summed E-state index contributed by atoms with van der Waals surface area (Å²) in [5.41, 5.74) is 0.0610. The molecule has 0 aromatic heterocycles. The molecule has 0 bridgehead atoms. The van der Waals surface area contributed by atoms with Gasteiger partial charge in [-0.25, -0.2) is 0 Å². The molecule has 6 nitrogen and oxygen atoms in total. The fourth-order valence-electron chi connectivity index (χ4n) is 7.82. The van der Waals surface area contributed by atoms with E-state index in [0.29, 0.717) is 13.2 Å². The van der Waals surface area contributed by atoms with Crippen LogP contribution in [0.15, 0.2) is 101 Å². The average Bonchev–Trinajstić information content (AvgIpc) is 3.62. The summed E-state index contributed by atoms with van der Waals surface area (Å²) in [6.45, 7) is 13.5. The Labute approximate surface area is 265 Å². The van der Waals surface area contributed by atoms with Gasteiger partial charge >= 0.3 is 267 Å². The molecule has 7 heteroatoms. The summed E-state index contributed by atoms with van der Waals surface area (Å²) < 4.78 is 46.6. The molecule has 0 saturated carbocycles. The fraction of sp³-hybridized carbons (Fsp3) is 0.459. The van der Waals surface area contributed by atoms with Crippen LogP contribution in [0.25, 0.3) is 0 Å². The Morgan fingerprint density at radius 1 is 0.636 bits per heavy atom. The zero-order valence-corrected chi connectivity index (χ0v) is 29.5. The molecule has 1 unspecified atom stereocenters. The Balaban J connectivity index is 1.53. The molecule has 0 amide bonds. The Kier molecular flexibility index (Phi) is 7.68. The number of benzene rings is 3. The molecule has 4 aliphatic rings. The Hall–Kier alpha value is -2.04. The van der Waals surface area contributed by atoms with Crippen molar-refractivity contribution in [1.82, 2.24) is 0 Å². The topological polar surface area (TPSA) is 55.4 Å². The first kappa shape index (κ1) is 30.6. The fourth-order valence-corrected chi connectivity index (χ4v) is 21.2. The van der Waals surface area contributed by atoms with Crippen molar-refractivity contribution in [3.63, 3.8) is 0 Å². The van der Waals surface area contributed by atoms with Crippen LogP contribution >= 0.6 is 0 Å². The van der Waals surface area contributed by atoms with E-state index in [1.165, 1.54) is 16.3 Å². The number of hydrogen-bond acceptors (Lipinski definition) is 6. The third-order valence-electron chi connectivity index (χ3n) is 9.82. The van der Waals surface area contributed by atoms with Crippen molar-refractivity contribution >= 4 is 29.1 Å². The second kappa shape index (κ2) is 11.0.